The Kier molecular flexibility index (Phi) is 9.28. The van der Waals surface area contributed by atoms with Gasteiger partial charge in [0.15, 0.2) is 8.15 Å². The molecule has 2 heterocycles. The van der Waals surface area contributed by atoms with Crippen molar-refractivity contribution in [3.05, 3.63) is 94.7 Å². The molecule has 44 heavy (non-hydrogen) atoms. The number of para-hydroxylation sites is 1. The fraction of sp³-hybridized carbons (Fsp3) is 0.385. The number of aromatic nitrogens is 1. The Hall–Kier alpha value is -2.44. The van der Waals surface area contributed by atoms with Crippen LogP contribution in [-0.4, -0.2) is 15.9 Å². The molecule has 2 nitrogen and oxygen atoms in total. The lowest BCUT2D eigenvalue weighted by Gasteiger charge is -2.39. The van der Waals surface area contributed by atoms with Gasteiger partial charge in [0.25, 0.3) is 0 Å². The molecule has 0 N–H and O–H groups in total. The van der Waals surface area contributed by atoms with E-state index in [1.807, 2.05) is 11.3 Å². The number of nitrogens with zero attached hydrogens (tertiary/aromatic N) is 1. The number of rotatable bonds is 8. The van der Waals surface area contributed by atoms with Crippen LogP contribution in [0, 0.1) is 13.8 Å². The summed E-state index contributed by atoms with van der Waals surface area (Å²) >= 11 is 1.91. The summed E-state index contributed by atoms with van der Waals surface area (Å²) in [5, 5.41) is 5.69. The smallest absolute Gasteiger partial charge is 0.150 e. The maximum atomic E-state index is 7.37. The van der Waals surface area contributed by atoms with Crippen molar-refractivity contribution in [2.24, 2.45) is 7.05 Å². The topological polar surface area (TPSA) is 14.2 Å². The van der Waals surface area contributed by atoms with Crippen molar-refractivity contribution >= 4 is 54.2 Å². The monoisotopic (exact) mass is 637 g/mol. The molecule has 0 unspecified atom stereocenters. The van der Waals surface area contributed by atoms with Crippen molar-refractivity contribution in [2.45, 2.75) is 89.4 Å². The Balaban J connectivity index is 1.43. The van der Waals surface area contributed by atoms with Gasteiger partial charge in [0.2, 0.25) is 0 Å². The largest absolute Gasteiger partial charge is 0.463 e. The standard InChI is InChI=1S/C39H45NOP2S/c1-28-36(38(29(2)44-28)41-43(32-22-12-6-13-23-32)33-24-14-7-15-25-33)37-39(34-26-16-17-27-35(34)40(37)3)42(30-18-8-4-9-19-30)31-20-10-5-11-21-31/h6-7,12-17,22-27,30-31H,4-5,8-11,18-21H2,1-3H3. The minimum atomic E-state index is -1.02. The maximum absolute atomic E-state index is 7.37. The van der Waals surface area contributed by atoms with E-state index < -0.39 is 8.15 Å². The highest BCUT2D eigenvalue weighted by Crippen LogP contribution is 2.59. The number of aryl methyl sites for hydroxylation is 3. The zero-order chi connectivity index (χ0) is 30.0. The van der Waals surface area contributed by atoms with Crippen LogP contribution in [0.3, 0.4) is 0 Å². The zero-order valence-corrected chi connectivity index (χ0v) is 29.1. The average molecular weight is 638 g/mol. The third kappa shape index (κ3) is 5.82. The van der Waals surface area contributed by atoms with Crippen molar-refractivity contribution in [1.82, 2.24) is 4.57 Å². The second-order valence-electron chi connectivity index (χ2n) is 12.7. The van der Waals surface area contributed by atoms with Crippen molar-refractivity contribution < 1.29 is 4.52 Å². The molecule has 0 spiro atoms. The van der Waals surface area contributed by atoms with Crippen LogP contribution in [0.5, 0.6) is 5.75 Å². The number of benzene rings is 3. The van der Waals surface area contributed by atoms with E-state index in [-0.39, 0.29) is 7.92 Å². The molecule has 2 saturated carbocycles. The van der Waals surface area contributed by atoms with E-state index in [9.17, 15) is 0 Å². The van der Waals surface area contributed by atoms with Gasteiger partial charge >= 0.3 is 0 Å². The first-order valence-electron chi connectivity index (χ1n) is 16.7. The molecule has 0 saturated heterocycles. The minimum Gasteiger partial charge on any atom is -0.463 e. The molecule has 0 radical (unpaired) electrons. The van der Waals surface area contributed by atoms with Crippen LogP contribution in [0.15, 0.2) is 84.9 Å². The average Bonchev–Trinajstić information content (AvgIpc) is 3.52. The Morgan fingerprint density at radius 2 is 1.18 bits per heavy atom. The summed E-state index contributed by atoms with van der Waals surface area (Å²) in [5.41, 5.74) is 5.84. The van der Waals surface area contributed by atoms with E-state index in [1.54, 1.807) is 5.30 Å². The summed E-state index contributed by atoms with van der Waals surface area (Å²) < 4.78 is 9.91. The van der Waals surface area contributed by atoms with Gasteiger partial charge in [-0.3, -0.25) is 0 Å². The summed E-state index contributed by atoms with van der Waals surface area (Å²) in [6.07, 6.45) is 14.1. The zero-order valence-electron chi connectivity index (χ0n) is 26.5. The molecular weight excluding hydrogens is 592 g/mol. The molecule has 0 bridgehead atoms. The van der Waals surface area contributed by atoms with Gasteiger partial charge in [0, 0.05) is 43.6 Å². The van der Waals surface area contributed by atoms with Crippen LogP contribution in [0.1, 0.15) is 74.0 Å². The summed E-state index contributed by atoms with van der Waals surface area (Å²) in [4.78, 5) is 2.66. The number of hydrogen-bond donors (Lipinski definition) is 0. The van der Waals surface area contributed by atoms with Crippen molar-refractivity contribution in [2.75, 3.05) is 0 Å². The normalized spacial score (nSPS) is 16.8. The lowest BCUT2D eigenvalue weighted by molar-refractivity contribution is 0.487. The highest BCUT2D eigenvalue weighted by Gasteiger charge is 2.38. The Bertz CT molecular complexity index is 1640. The number of fused-ring (bicyclic) bond motifs is 1. The molecule has 2 fully saturated rings. The number of thiophene rings is 1. The van der Waals surface area contributed by atoms with E-state index in [1.165, 1.54) is 107 Å². The lowest BCUT2D eigenvalue weighted by Crippen LogP contribution is -2.27. The van der Waals surface area contributed by atoms with Crippen LogP contribution in [0.25, 0.3) is 22.2 Å². The highest BCUT2D eigenvalue weighted by molar-refractivity contribution is 7.69. The summed E-state index contributed by atoms with van der Waals surface area (Å²) in [6, 6.07) is 31.0. The minimum absolute atomic E-state index is 0.305. The molecule has 0 aliphatic heterocycles. The molecule has 2 aliphatic rings. The first-order chi connectivity index (χ1) is 21.6. The van der Waals surface area contributed by atoms with Gasteiger partial charge in [-0.05, 0) is 56.9 Å². The van der Waals surface area contributed by atoms with Gasteiger partial charge in [-0.25, -0.2) is 0 Å². The fourth-order valence-corrected chi connectivity index (χ4v) is 14.8. The van der Waals surface area contributed by atoms with Crippen LogP contribution in [-0.2, 0) is 7.05 Å². The quantitative estimate of drug-likeness (QED) is 0.154. The summed E-state index contributed by atoms with van der Waals surface area (Å²) in [6.45, 7) is 4.60. The second kappa shape index (κ2) is 13.5. The van der Waals surface area contributed by atoms with Gasteiger partial charge < -0.3 is 9.09 Å². The molecule has 3 aromatic carbocycles. The Labute approximate surface area is 270 Å². The van der Waals surface area contributed by atoms with Crippen molar-refractivity contribution in [1.29, 1.82) is 0 Å². The summed E-state index contributed by atoms with van der Waals surface area (Å²) in [5.74, 6) is 1.10. The fourth-order valence-electron chi connectivity index (χ4n) is 7.82. The Morgan fingerprint density at radius 1 is 0.659 bits per heavy atom. The number of hydrogen-bond acceptors (Lipinski definition) is 2. The lowest BCUT2D eigenvalue weighted by atomic mass is 9.99. The van der Waals surface area contributed by atoms with Crippen LogP contribution in [0.4, 0.5) is 0 Å². The van der Waals surface area contributed by atoms with Gasteiger partial charge in [-0.2, -0.15) is 0 Å². The third-order valence-electron chi connectivity index (χ3n) is 9.88. The molecular formula is C39H45NOP2S. The van der Waals surface area contributed by atoms with Crippen LogP contribution >= 0.6 is 27.4 Å². The van der Waals surface area contributed by atoms with Gasteiger partial charge in [-0.15, -0.1) is 11.3 Å². The summed E-state index contributed by atoms with van der Waals surface area (Å²) in [7, 11) is 1.00. The highest BCUT2D eigenvalue weighted by atomic mass is 32.1. The maximum Gasteiger partial charge on any atom is 0.150 e. The van der Waals surface area contributed by atoms with E-state index in [2.05, 4.69) is 110 Å². The first kappa shape index (κ1) is 30.2. The molecule has 0 atom stereocenters. The third-order valence-corrected chi connectivity index (χ3v) is 16.4. The van der Waals surface area contributed by atoms with E-state index >= 15 is 0 Å². The second-order valence-corrected chi connectivity index (χ2v) is 18.7. The van der Waals surface area contributed by atoms with Gasteiger partial charge in [0.1, 0.15) is 5.75 Å². The van der Waals surface area contributed by atoms with E-state index in [0.29, 0.717) is 0 Å². The van der Waals surface area contributed by atoms with Crippen molar-refractivity contribution in [3.63, 3.8) is 0 Å². The van der Waals surface area contributed by atoms with Gasteiger partial charge in [0.05, 0.1) is 11.3 Å². The SMILES string of the molecule is Cc1sc(C)c(-c2c(P(C3CCCCC3)C3CCCCC3)c3ccccc3n2C)c1OP(c1ccccc1)c1ccccc1. The molecule has 2 aromatic heterocycles. The predicted molar refractivity (Wildman–Crippen MR) is 196 cm³/mol. The predicted octanol–water partition coefficient (Wildman–Crippen LogP) is 10.7. The van der Waals surface area contributed by atoms with Gasteiger partial charge in [-0.1, -0.05) is 125 Å². The molecule has 228 valence electrons. The van der Waals surface area contributed by atoms with E-state index in [4.69, 9.17) is 4.52 Å². The van der Waals surface area contributed by atoms with Crippen molar-refractivity contribution in [3.8, 4) is 17.0 Å². The van der Waals surface area contributed by atoms with E-state index in [0.717, 1.165) is 17.1 Å². The molecule has 5 aromatic rings. The van der Waals surface area contributed by atoms with Crippen LogP contribution < -0.4 is 20.4 Å². The first-order valence-corrected chi connectivity index (χ1v) is 20.2. The molecule has 0 amide bonds. The van der Waals surface area contributed by atoms with Crippen LogP contribution in [0.2, 0.25) is 0 Å². The molecule has 5 heteroatoms. The Morgan fingerprint density at radius 3 is 1.75 bits per heavy atom. The molecule has 2 aliphatic carbocycles. The molecule has 7 rings (SSSR count).